The van der Waals surface area contributed by atoms with Crippen molar-refractivity contribution in [1.29, 1.82) is 0 Å². The standard InChI is InChI=1S/C21H26F2N2O5S/c1-15(14-30-20-8-5-4-7-19(20)29-2)24-21(26)9-6-12-25(31(3,27)28)16-10-11-17(22)18(23)13-16/h4-5,7-8,10-11,13,15H,6,9,12,14H2,1-3H3,(H,24,26)/t15-/m1/s1. The van der Waals surface area contributed by atoms with Crippen LogP contribution in [0, 0.1) is 11.6 Å². The summed E-state index contributed by atoms with van der Waals surface area (Å²) in [6.45, 7) is 1.94. The second kappa shape index (κ2) is 10.9. The molecule has 1 atom stereocenters. The van der Waals surface area contributed by atoms with Crippen LogP contribution in [-0.2, 0) is 14.8 Å². The Bertz CT molecular complexity index is 1000. The minimum absolute atomic E-state index is 0.000356. The van der Waals surface area contributed by atoms with Gasteiger partial charge in [-0.3, -0.25) is 9.10 Å². The number of anilines is 1. The highest BCUT2D eigenvalue weighted by atomic mass is 32.2. The molecule has 0 aromatic heterocycles. The van der Waals surface area contributed by atoms with Crippen molar-refractivity contribution in [2.75, 3.05) is 30.8 Å². The molecular weight excluding hydrogens is 430 g/mol. The molecule has 0 heterocycles. The van der Waals surface area contributed by atoms with Gasteiger partial charge in [0, 0.05) is 19.0 Å². The van der Waals surface area contributed by atoms with Crippen LogP contribution >= 0.6 is 0 Å². The van der Waals surface area contributed by atoms with E-state index in [0.717, 1.165) is 22.7 Å². The molecule has 0 radical (unpaired) electrons. The quantitative estimate of drug-likeness (QED) is 0.562. The highest BCUT2D eigenvalue weighted by Crippen LogP contribution is 2.25. The van der Waals surface area contributed by atoms with Crippen molar-refractivity contribution in [3.63, 3.8) is 0 Å². The van der Waals surface area contributed by atoms with Crippen molar-refractivity contribution >= 4 is 21.6 Å². The van der Waals surface area contributed by atoms with Crippen LogP contribution in [0.3, 0.4) is 0 Å². The van der Waals surface area contributed by atoms with Gasteiger partial charge in [0.2, 0.25) is 15.9 Å². The Morgan fingerprint density at radius 1 is 1.13 bits per heavy atom. The molecule has 7 nitrogen and oxygen atoms in total. The molecule has 10 heteroatoms. The number of halogens is 2. The number of sulfonamides is 1. The van der Waals surface area contributed by atoms with E-state index < -0.39 is 21.7 Å². The first-order chi connectivity index (χ1) is 14.6. The van der Waals surface area contributed by atoms with E-state index in [1.165, 1.54) is 13.2 Å². The lowest BCUT2D eigenvalue weighted by Gasteiger charge is -2.22. The Balaban J connectivity index is 1.85. The van der Waals surface area contributed by atoms with Crippen LogP contribution in [-0.4, -0.2) is 46.9 Å². The number of carbonyl (C=O) groups is 1. The Morgan fingerprint density at radius 2 is 1.81 bits per heavy atom. The first-order valence-electron chi connectivity index (χ1n) is 9.59. The monoisotopic (exact) mass is 456 g/mol. The smallest absolute Gasteiger partial charge is 0.232 e. The van der Waals surface area contributed by atoms with E-state index in [2.05, 4.69) is 5.32 Å². The van der Waals surface area contributed by atoms with Gasteiger partial charge >= 0.3 is 0 Å². The van der Waals surface area contributed by atoms with Crippen LogP contribution in [0.5, 0.6) is 11.5 Å². The van der Waals surface area contributed by atoms with E-state index >= 15 is 0 Å². The number of hydrogen-bond acceptors (Lipinski definition) is 5. The highest BCUT2D eigenvalue weighted by Gasteiger charge is 2.19. The van der Waals surface area contributed by atoms with Crippen LogP contribution in [0.4, 0.5) is 14.5 Å². The Labute approximate surface area is 181 Å². The number of para-hydroxylation sites is 2. The summed E-state index contributed by atoms with van der Waals surface area (Å²) in [7, 11) is -2.20. The summed E-state index contributed by atoms with van der Waals surface area (Å²) in [5.74, 6) is -1.36. The van der Waals surface area contributed by atoms with Crippen LogP contribution in [0.2, 0.25) is 0 Å². The first-order valence-corrected chi connectivity index (χ1v) is 11.4. The average molecular weight is 457 g/mol. The van der Waals surface area contributed by atoms with Gasteiger partial charge in [0.05, 0.1) is 25.1 Å². The molecule has 2 aromatic rings. The maximum absolute atomic E-state index is 13.5. The SMILES string of the molecule is COc1ccccc1OC[C@@H](C)NC(=O)CCCN(c1ccc(F)c(F)c1)S(C)(=O)=O. The molecule has 2 rings (SSSR count). The third kappa shape index (κ3) is 7.39. The predicted molar refractivity (Wildman–Crippen MR) is 114 cm³/mol. The minimum Gasteiger partial charge on any atom is -0.493 e. The largest absolute Gasteiger partial charge is 0.493 e. The number of nitrogens with one attached hydrogen (secondary N) is 1. The topological polar surface area (TPSA) is 84.9 Å². The zero-order valence-electron chi connectivity index (χ0n) is 17.6. The van der Waals surface area contributed by atoms with Gasteiger partial charge in [-0.2, -0.15) is 0 Å². The summed E-state index contributed by atoms with van der Waals surface area (Å²) in [6, 6.07) is 9.70. The van der Waals surface area contributed by atoms with Crippen molar-refractivity contribution in [3.05, 3.63) is 54.1 Å². The first kappa shape index (κ1) is 24.4. The summed E-state index contributed by atoms with van der Waals surface area (Å²) in [4.78, 5) is 12.2. The number of ether oxygens (including phenoxy) is 2. The maximum Gasteiger partial charge on any atom is 0.232 e. The van der Waals surface area contributed by atoms with Crippen molar-refractivity contribution in [1.82, 2.24) is 5.32 Å². The van der Waals surface area contributed by atoms with Gasteiger partial charge in [-0.25, -0.2) is 17.2 Å². The van der Waals surface area contributed by atoms with E-state index in [0.29, 0.717) is 11.5 Å². The van der Waals surface area contributed by atoms with E-state index in [4.69, 9.17) is 9.47 Å². The normalized spacial score (nSPS) is 12.2. The van der Waals surface area contributed by atoms with Gasteiger partial charge in [0.25, 0.3) is 0 Å². The van der Waals surface area contributed by atoms with E-state index in [1.54, 1.807) is 19.1 Å². The fourth-order valence-electron chi connectivity index (χ4n) is 2.85. The van der Waals surface area contributed by atoms with E-state index in [1.807, 2.05) is 12.1 Å². The fraction of sp³-hybridized carbons (Fsp3) is 0.381. The predicted octanol–water partition coefficient (Wildman–Crippen LogP) is 3.10. The fourth-order valence-corrected chi connectivity index (χ4v) is 3.81. The second-order valence-corrected chi connectivity index (χ2v) is 8.87. The third-order valence-corrected chi connectivity index (χ3v) is 5.52. The summed E-state index contributed by atoms with van der Waals surface area (Å²) in [6.07, 6.45) is 1.21. The van der Waals surface area contributed by atoms with Gasteiger partial charge in [-0.15, -0.1) is 0 Å². The van der Waals surface area contributed by atoms with Crippen LogP contribution < -0.4 is 19.1 Å². The molecule has 0 fully saturated rings. The molecular formula is C21H26F2N2O5S. The molecule has 0 saturated carbocycles. The van der Waals surface area contributed by atoms with Crippen LogP contribution in [0.1, 0.15) is 19.8 Å². The molecule has 0 aliphatic carbocycles. The molecule has 170 valence electrons. The lowest BCUT2D eigenvalue weighted by atomic mass is 10.2. The van der Waals surface area contributed by atoms with Gasteiger partial charge in [-0.05, 0) is 37.6 Å². The molecule has 1 amide bonds. The Hall–Kier alpha value is -2.88. The highest BCUT2D eigenvalue weighted by molar-refractivity contribution is 7.92. The summed E-state index contributed by atoms with van der Waals surface area (Å²) in [5.41, 5.74) is 0.000356. The van der Waals surface area contributed by atoms with Crippen molar-refractivity contribution in [2.45, 2.75) is 25.8 Å². The van der Waals surface area contributed by atoms with Crippen LogP contribution in [0.15, 0.2) is 42.5 Å². The zero-order chi connectivity index (χ0) is 23.0. The lowest BCUT2D eigenvalue weighted by Crippen LogP contribution is -2.37. The van der Waals surface area contributed by atoms with Crippen molar-refractivity contribution in [2.24, 2.45) is 0 Å². The lowest BCUT2D eigenvalue weighted by molar-refractivity contribution is -0.121. The van der Waals surface area contributed by atoms with Gasteiger partial charge < -0.3 is 14.8 Å². The van der Waals surface area contributed by atoms with Gasteiger partial charge in [-0.1, -0.05) is 12.1 Å². The number of amides is 1. The number of nitrogens with zero attached hydrogens (tertiary/aromatic N) is 1. The molecule has 0 unspecified atom stereocenters. The van der Waals surface area contributed by atoms with E-state index in [9.17, 15) is 22.0 Å². The summed E-state index contributed by atoms with van der Waals surface area (Å²) in [5, 5.41) is 2.77. The van der Waals surface area contributed by atoms with Crippen molar-refractivity contribution < 1.29 is 31.5 Å². The maximum atomic E-state index is 13.5. The molecule has 0 spiro atoms. The molecule has 0 saturated heterocycles. The second-order valence-electron chi connectivity index (χ2n) is 6.97. The average Bonchev–Trinajstić information content (AvgIpc) is 2.71. The number of carbonyl (C=O) groups excluding carboxylic acids is 1. The van der Waals surface area contributed by atoms with Gasteiger partial charge in [0.15, 0.2) is 23.1 Å². The van der Waals surface area contributed by atoms with E-state index in [-0.39, 0.29) is 43.6 Å². The molecule has 1 N–H and O–H groups in total. The summed E-state index contributed by atoms with van der Waals surface area (Å²) < 4.78 is 62.5. The number of benzene rings is 2. The van der Waals surface area contributed by atoms with Crippen LogP contribution in [0.25, 0.3) is 0 Å². The summed E-state index contributed by atoms with van der Waals surface area (Å²) >= 11 is 0. The minimum atomic E-state index is -3.73. The molecule has 31 heavy (non-hydrogen) atoms. The van der Waals surface area contributed by atoms with Crippen molar-refractivity contribution in [3.8, 4) is 11.5 Å². The van der Waals surface area contributed by atoms with Gasteiger partial charge in [0.1, 0.15) is 6.61 Å². The molecule has 0 bridgehead atoms. The molecule has 0 aliphatic rings. The number of rotatable bonds is 11. The molecule has 0 aliphatic heterocycles. The number of methoxy groups -OCH3 is 1. The Kier molecular flexibility index (Phi) is 8.61. The Morgan fingerprint density at radius 3 is 2.42 bits per heavy atom. The third-order valence-electron chi connectivity index (χ3n) is 4.32. The molecule has 2 aromatic carbocycles. The number of hydrogen-bond donors (Lipinski definition) is 1. The zero-order valence-corrected chi connectivity index (χ0v) is 18.4.